The third-order valence-electron chi connectivity index (χ3n) is 4.52. The highest BCUT2D eigenvalue weighted by Crippen LogP contribution is 2.17. The number of benzene rings is 1. The third kappa shape index (κ3) is 4.80. The zero-order valence-corrected chi connectivity index (χ0v) is 15.0. The number of ether oxygens (including phenoxy) is 1. The second kappa shape index (κ2) is 8.78. The number of hydrogen-bond acceptors (Lipinski definition) is 5. The summed E-state index contributed by atoms with van der Waals surface area (Å²) in [5.74, 6) is 0.489. The molecule has 1 aromatic carbocycles. The zero-order valence-electron chi connectivity index (χ0n) is 15.0. The van der Waals surface area contributed by atoms with E-state index in [1.807, 2.05) is 31.3 Å². The van der Waals surface area contributed by atoms with Gasteiger partial charge < -0.3 is 15.2 Å². The summed E-state index contributed by atoms with van der Waals surface area (Å²) in [5.41, 5.74) is 1.66. The maximum atomic E-state index is 12.5. The van der Waals surface area contributed by atoms with E-state index in [-0.39, 0.29) is 11.9 Å². The molecule has 2 heterocycles. The van der Waals surface area contributed by atoms with Crippen molar-refractivity contribution in [1.29, 1.82) is 0 Å². The highest BCUT2D eigenvalue weighted by molar-refractivity contribution is 5.94. The van der Waals surface area contributed by atoms with Gasteiger partial charge in [-0.25, -0.2) is 0 Å². The van der Waals surface area contributed by atoms with Crippen molar-refractivity contribution in [1.82, 2.24) is 15.2 Å². The first kappa shape index (κ1) is 18.4. The van der Waals surface area contributed by atoms with Gasteiger partial charge in [0.05, 0.1) is 18.8 Å². The topological polar surface area (TPSA) is 74.7 Å². The van der Waals surface area contributed by atoms with Crippen LogP contribution < -0.4 is 10.1 Å². The van der Waals surface area contributed by atoms with Crippen LogP contribution in [0.5, 0.6) is 5.75 Å². The number of pyridine rings is 1. The quantitative estimate of drug-likeness (QED) is 0.827. The average Bonchev–Trinajstić information content (AvgIpc) is 2.65. The smallest absolute Gasteiger partial charge is 0.251 e. The number of carbonyl (C=O) groups excluding carboxylic acids is 1. The fourth-order valence-electron chi connectivity index (χ4n) is 3.20. The molecular formula is C20H25N3O3. The van der Waals surface area contributed by atoms with Crippen LogP contribution in [0.4, 0.5) is 0 Å². The number of nitrogens with zero attached hydrogens (tertiary/aromatic N) is 2. The molecule has 0 bridgehead atoms. The van der Waals surface area contributed by atoms with Gasteiger partial charge >= 0.3 is 0 Å². The molecule has 1 amide bonds. The van der Waals surface area contributed by atoms with Gasteiger partial charge in [0, 0.05) is 37.6 Å². The van der Waals surface area contributed by atoms with Crippen LogP contribution in [0.2, 0.25) is 0 Å². The van der Waals surface area contributed by atoms with E-state index in [9.17, 15) is 9.90 Å². The van der Waals surface area contributed by atoms with Crippen LogP contribution in [0.1, 0.15) is 29.3 Å². The number of β-amino-alcohol motifs (C(OH)–C–C–N with tert-alkyl or cyclic N) is 1. The lowest BCUT2D eigenvalue weighted by atomic mass is 10.0. The van der Waals surface area contributed by atoms with E-state index in [2.05, 4.69) is 15.2 Å². The molecule has 1 aromatic heterocycles. The van der Waals surface area contributed by atoms with Crippen molar-refractivity contribution in [2.75, 3.05) is 19.7 Å². The summed E-state index contributed by atoms with van der Waals surface area (Å²) < 4.78 is 5.44. The lowest BCUT2D eigenvalue weighted by molar-refractivity contribution is 0.0349. The van der Waals surface area contributed by atoms with E-state index in [4.69, 9.17) is 4.74 Å². The Balaban J connectivity index is 1.54. The minimum atomic E-state index is -0.598. The maximum Gasteiger partial charge on any atom is 0.251 e. The fraction of sp³-hybridized carbons (Fsp3) is 0.400. The van der Waals surface area contributed by atoms with Crippen LogP contribution in [0, 0.1) is 0 Å². The van der Waals surface area contributed by atoms with Crippen molar-refractivity contribution in [3.63, 3.8) is 0 Å². The zero-order chi connectivity index (χ0) is 18.4. The van der Waals surface area contributed by atoms with E-state index in [1.54, 1.807) is 24.4 Å². The molecule has 1 aliphatic rings. The fourth-order valence-corrected chi connectivity index (χ4v) is 3.20. The number of rotatable bonds is 6. The number of amides is 1. The van der Waals surface area contributed by atoms with Crippen LogP contribution in [0.3, 0.4) is 0 Å². The number of aromatic nitrogens is 1. The Bertz CT molecular complexity index is 723. The molecule has 1 fully saturated rings. The standard InChI is InChI=1S/C20H25N3O3/c1-2-26-17-7-3-6-16(11-17)20(25)22-18-8-10-23(14-19(18)24)13-15-5-4-9-21-12-15/h3-7,9,11-12,18-19,24H,2,8,10,13-14H2,1H3,(H,22,25)/t18-,19-/m1/s1. The van der Waals surface area contributed by atoms with Crippen molar-refractivity contribution in [3.8, 4) is 5.75 Å². The van der Waals surface area contributed by atoms with Gasteiger partial charge in [-0.05, 0) is 43.2 Å². The number of likely N-dealkylation sites (tertiary alicyclic amines) is 1. The molecule has 138 valence electrons. The minimum Gasteiger partial charge on any atom is -0.494 e. The summed E-state index contributed by atoms with van der Waals surface area (Å²) >= 11 is 0. The normalized spacial score (nSPS) is 20.5. The predicted octanol–water partition coefficient (Wildman–Crippen LogP) is 1.85. The minimum absolute atomic E-state index is 0.184. The van der Waals surface area contributed by atoms with Crippen LogP contribution in [0.25, 0.3) is 0 Å². The average molecular weight is 355 g/mol. The number of aliphatic hydroxyl groups excluding tert-OH is 1. The Kier molecular flexibility index (Phi) is 6.20. The van der Waals surface area contributed by atoms with Crippen LogP contribution in [-0.2, 0) is 6.54 Å². The number of hydrogen-bond donors (Lipinski definition) is 2. The van der Waals surface area contributed by atoms with E-state index < -0.39 is 6.10 Å². The first-order chi connectivity index (χ1) is 12.7. The van der Waals surface area contributed by atoms with Crippen molar-refractivity contribution < 1.29 is 14.6 Å². The molecule has 26 heavy (non-hydrogen) atoms. The molecule has 2 aromatic rings. The van der Waals surface area contributed by atoms with Crippen molar-refractivity contribution in [3.05, 3.63) is 59.9 Å². The molecule has 0 spiro atoms. The Morgan fingerprint density at radius 3 is 3.00 bits per heavy atom. The second-order valence-electron chi connectivity index (χ2n) is 6.49. The summed E-state index contributed by atoms with van der Waals surface area (Å²) in [6, 6.07) is 10.8. The maximum absolute atomic E-state index is 12.5. The molecule has 2 N–H and O–H groups in total. The van der Waals surface area contributed by atoms with Crippen molar-refractivity contribution in [2.45, 2.75) is 32.0 Å². The molecule has 0 radical (unpaired) electrons. The Morgan fingerprint density at radius 2 is 2.27 bits per heavy atom. The van der Waals surface area contributed by atoms with Gasteiger partial charge in [0.1, 0.15) is 5.75 Å². The van der Waals surface area contributed by atoms with E-state index in [0.29, 0.717) is 30.9 Å². The van der Waals surface area contributed by atoms with E-state index in [1.165, 1.54) is 0 Å². The molecule has 2 atom stereocenters. The van der Waals surface area contributed by atoms with Crippen LogP contribution in [-0.4, -0.2) is 52.7 Å². The summed E-state index contributed by atoms with van der Waals surface area (Å²) in [4.78, 5) is 18.8. The number of aliphatic hydroxyl groups is 1. The molecule has 1 aliphatic heterocycles. The molecular weight excluding hydrogens is 330 g/mol. The Hall–Kier alpha value is -2.44. The summed E-state index contributed by atoms with van der Waals surface area (Å²) in [5, 5.41) is 13.4. The highest BCUT2D eigenvalue weighted by atomic mass is 16.5. The summed E-state index contributed by atoms with van der Waals surface area (Å²) in [6.45, 7) is 4.55. The third-order valence-corrected chi connectivity index (χ3v) is 4.52. The first-order valence-electron chi connectivity index (χ1n) is 8.98. The Labute approximate surface area is 153 Å². The summed E-state index contributed by atoms with van der Waals surface area (Å²) in [6.07, 6.45) is 3.70. The van der Waals surface area contributed by atoms with Crippen molar-refractivity contribution in [2.24, 2.45) is 0 Å². The Morgan fingerprint density at radius 1 is 1.38 bits per heavy atom. The number of nitrogens with one attached hydrogen (secondary N) is 1. The van der Waals surface area contributed by atoms with Gasteiger partial charge in [0.2, 0.25) is 0 Å². The van der Waals surface area contributed by atoms with Gasteiger partial charge in [-0.2, -0.15) is 0 Å². The molecule has 6 heteroatoms. The van der Waals surface area contributed by atoms with Crippen LogP contribution >= 0.6 is 0 Å². The first-order valence-corrected chi connectivity index (χ1v) is 8.98. The molecule has 0 aliphatic carbocycles. The molecule has 0 unspecified atom stereocenters. The van der Waals surface area contributed by atoms with Gasteiger partial charge in [-0.1, -0.05) is 12.1 Å². The van der Waals surface area contributed by atoms with Crippen LogP contribution in [0.15, 0.2) is 48.8 Å². The number of carbonyl (C=O) groups is 1. The predicted molar refractivity (Wildman–Crippen MR) is 99.0 cm³/mol. The summed E-state index contributed by atoms with van der Waals surface area (Å²) in [7, 11) is 0. The molecule has 3 rings (SSSR count). The highest BCUT2D eigenvalue weighted by Gasteiger charge is 2.29. The van der Waals surface area contributed by atoms with E-state index >= 15 is 0 Å². The van der Waals surface area contributed by atoms with Gasteiger partial charge in [0.25, 0.3) is 5.91 Å². The lowest BCUT2D eigenvalue weighted by Gasteiger charge is -2.36. The lowest BCUT2D eigenvalue weighted by Crippen LogP contribution is -2.53. The number of piperidine rings is 1. The largest absolute Gasteiger partial charge is 0.494 e. The monoisotopic (exact) mass is 355 g/mol. The van der Waals surface area contributed by atoms with Crippen molar-refractivity contribution >= 4 is 5.91 Å². The van der Waals surface area contributed by atoms with Gasteiger partial charge in [-0.15, -0.1) is 0 Å². The second-order valence-corrected chi connectivity index (χ2v) is 6.49. The SMILES string of the molecule is CCOc1cccc(C(=O)N[C@@H]2CCN(Cc3cccnc3)C[C@H]2O)c1. The van der Waals surface area contributed by atoms with E-state index in [0.717, 1.165) is 18.7 Å². The van der Waals surface area contributed by atoms with Gasteiger partial charge in [0.15, 0.2) is 0 Å². The molecule has 1 saturated heterocycles. The van der Waals surface area contributed by atoms with Gasteiger partial charge in [-0.3, -0.25) is 14.7 Å². The molecule has 6 nitrogen and oxygen atoms in total. The molecule has 0 saturated carbocycles.